The van der Waals surface area contributed by atoms with Gasteiger partial charge in [-0.15, -0.1) is 0 Å². The lowest BCUT2D eigenvalue weighted by Crippen LogP contribution is -2.53. The van der Waals surface area contributed by atoms with Crippen LogP contribution >= 0.6 is 0 Å². The van der Waals surface area contributed by atoms with E-state index in [9.17, 15) is 19.5 Å². The van der Waals surface area contributed by atoms with E-state index in [1.807, 2.05) is 0 Å². The fourth-order valence-electron chi connectivity index (χ4n) is 2.09. The zero-order valence-corrected chi connectivity index (χ0v) is 13.2. The van der Waals surface area contributed by atoms with E-state index in [1.165, 1.54) is 26.0 Å². The number of carbonyl (C=O) groups excluding carboxylic acids is 3. The van der Waals surface area contributed by atoms with Gasteiger partial charge in [0.05, 0.1) is 19.4 Å². The van der Waals surface area contributed by atoms with Gasteiger partial charge in [0.1, 0.15) is 0 Å². The average molecular weight is 335 g/mol. The third-order valence-corrected chi connectivity index (χ3v) is 3.19. The molecule has 2 rings (SSSR count). The molecule has 0 radical (unpaired) electrons. The summed E-state index contributed by atoms with van der Waals surface area (Å²) in [6.45, 7) is 2.99. The zero-order chi connectivity index (χ0) is 17.8. The minimum Gasteiger partial charge on any atom is -0.462 e. The molecule has 1 aromatic rings. The van der Waals surface area contributed by atoms with Gasteiger partial charge in [0.15, 0.2) is 0 Å². The van der Waals surface area contributed by atoms with Crippen LogP contribution in [0.4, 0.5) is 0 Å². The summed E-state index contributed by atoms with van der Waals surface area (Å²) in [5.41, 5.74) is -2.39. The van der Waals surface area contributed by atoms with Gasteiger partial charge in [-0.05, 0) is 13.8 Å². The van der Waals surface area contributed by atoms with Crippen molar-refractivity contribution in [2.45, 2.75) is 25.4 Å². The highest BCUT2D eigenvalue weighted by molar-refractivity contribution is 6.18. The Morgan fingerprint density at radius 3 is 2.25 bits per heavy atom. The van der Waals surface area contributed by atoms with Crippen LogP contribution in [0.15, 0.2) is 35.3 Å². The molecule has 2 unspecified atom stereocenters. The third-order valence-electron chi connectivity index (χ3n) is 3.19. The van der Waals surface area contributed by atoms with E-state index in [-0.39, 0.29) is 18.8 Å². The molecular weight excluding hydrogens is 318 g/mol. The molecule has 1 aliphatic heterocycles. The van der Waals surface area contributed by atoms with Gasteiger partial charge >= 0.3 is 23.5 Å². The van der Waals surface area contributed by atoms with Crippen molar-refractivity contribution >= 4 is 23.9 Å². The summed E-state index contributed by atoms with van der Waals surface area (Å²) < 4.78 is 14.6. The lowest BCUT2D eigenvalue weighted by molar-refractivity contribution is -0.221. The molecule has 1 N–H and O–H groups in total. The first-order chi connectivity index (χ1) is 11.4. The number of benzene rings is 1. The van der Waals surface area contributed by atoms with Crippen LogP contribution in [0.5, 0.6) is 0 Å². The van der Waals surface area contributed by atoms with Crippen LogP contribution in [0.2, 0.25) is 0 Å². The first-order valence-corrected chi connectivity index (χ1v) is 7.33. The van der Waals surface area contributed by atoms with Gasteiger partial charge in [-0.2, -0.15) is 0 Å². The Morgan fingerprint density at radius 2 is 1.67 bits per heavy atom. The lowest BCUT2D eigenvalue weighted by atomic mass is 10.0. The van der Waals surface area contributed by atoms with Crippen molar-refractivity contribution in [3.63, 3.8) is 0 Å². The molecule has 1 aromatic carbocycles. The largest absolute Gasteiger partial charge is 0.462 e. The Balaban J connectivity index is 2.41. The number of hydrogen-bond acceptors (Lipinski definition) is 8. The predicted octanol–water partition coefficient (Wildman–Crippen LogP) is 0.481. The first-order valence-electron chi connectivity index (χ1n) is 7.33. The number of carbonyl (C=O) groups is 3. The van der Waals surface area contributed by atoms with Crippen LogP contribution < -0.4 is 0 Å². The molecule has 0 amide bonds. The number of esters is 2. The van der Waals surface area contributed by atoms with Crippen LogP contribution in [0.1, 0.15) is 24.2 Å². The summed E-state index contributed by atoms with van der Waals surface area (Å²) in [6, 6.07) is 7.75. The van der Waals surface area contributed by atoms with Crippen LogP contribution in [-0.2, 0) is 23.8 Å². The van der Waals surface area contributed by atoms with Crippen molar-refractivity contribution in [3.8, 4) is 0 Å². The molecule has 8 heteroatoms. The summed E-state index contributed by atoms with van der Waals surface area (Å²) in [6.07, 6.45) is 0.669. The van der Waals surface area contributed by atoms with Crippen LogP contribution in [0.25, 0.3) is 0 Å². The van der Waals surface area contributed by atoms with Gasteiger partial charge in [0, 0.05) is 5.56 Å². The smallest absolute Gasteiger partial charge is 0.372 e. The van der Waals surface area contributed by atoms with Crippen molar-refractivity contribution in [1.82, 2.24) is 0 Å². The zero-order valence-electron chi connectivity index (χ0n) is 13.2. The number of hydrogen-bond donors (Lipinski definition) is 1. The molecule has 2 atom stereocenters. The molecule has 128 valence electrons. The van der Waals surface area contributed by atoms with Crippen molar-refractivity contribution < 1.29 is 33.7 Å². The summed E-state index contributed by atoms with van der Waals surface area (Å²) in [4.78, 5) is 40.6. The van der Waals surface area contributed by atoms with Crippen LogP contribution in [-0.4, -0.2) is 53.8 Å². The molecule has 1 aliphatic rings. The van der Waals surface area contributed by atoms with E-state index in [1.54, 1.807) is 18.2 Å². The number of Topliss-reactive ketones (excluding diaryl/α,β-unsaturated/α-hetero) is 1. The number of aliphatic imine (C=N–C) groups is 1. The maximum absolute atomic E-state index is 12.8. The molecule has 1 heterocycles. The predicted molar refractivity (Wildman–Crippen MR) is 81.3 cm³/mol. The monoisotopic (exact) mass is 335 g/mol. The van der Waals surface area contributed by atoms with Crippen LogP contribution in [0, 0.1) is 0 Å². The standard InChI is InChI=1S/C16H17NO7/c1-3-22-13(19)15(21)10-17-16(24-15,14(20)23-4-2)12(18)11-8-6-5-7-9-11/h5-10,21H,3-4H2,1-2H3. The maximum atomic E-state index is 12.8. The van der Waals surface area contributed by atoms with Gasteiger partial charge in [-0.3, -0.25) is 9.53 Å². The third kappa shape index (κ3) is 3.06. The van der Waals surface area contributed by atoms with E-state index >= 15 is 0 Å². The Hall–Kier alpha value is -2.58. The Kier molecular flexibility index (Phi) is 5.10. The van der Waals surface area contributed by atoms with Crippen molar-refractivity contribution in [2.75, 3.05) is 13.2 Å². The minimum absolute atomic E-state index is 0.0304. The van der Waals surface area contributed by atoms with Gasteiger partial charge in [0.2, 0.25) is 5.78 Å². The molecule has 8 nitrogen and oxygen atoms in total. The Bertz CT molecular complexity index is 672. The highest BCUT2D eigenvalue weighted by Gasteiger charge is 2.61. The Labute approximate surface area is 138 Å². The second-order valence-electron chi connectivity index (χ2n) is 4.84. The maximum Gasteiger partial charge on any atom is 0.372 e. The molecule has 0 aliphatic carbocycles. The molecular formula is C16H17NO7. The van der Waals surface area contributed by atoms with Crippen molar-refractivity contribution in [3.05, 3.63) is 35.9 Å². The Morgan fingerprint density at radius 1 is 1.08 bits per heavy atom. The van der Waals surface area contributed by atoms with Gasteiger partial charge in [0.25, 0.3) is 0 Å². The number of nitrogens with zero attached hydrogens (tertiary/aromatic N) is 1. The quantitative estimate of drug-likeness (QED) is 0.457. The second-order valence-corrected chi connectivity index (χ2v) is 4.84. The van der Waals surface area contributed by atoms with E-state index in [4.69, 9.17) is 9.47 Å². The molecule has 0 spiro atoms. The first kappa shape index (κ1) is 17.8. The fraction of sp³-hybridized carbons (Fsp3) is 0.375. The van der Waals surface area contributed by atoms with Gasteiger partial charge in [-0.25, -0.2) is 14.6 Å². The summed E-state index contributed by atoms with van der Waals surface area (Å²) in [7, 11) is 0. The minimum atomic E-state index is -2.65. The topological polar surface area (TPSA) is 111 Å². The van der Waals surface area contributed by atoms with Gasteiger partial charge in [-0.1, -0.05) is 30.3 Å². The molecule has 0 fully saturated rings. The fourth-order valence-corrected chi connectivity index (χ4v) is 2.09. The molecule has 0 aromatic heterocycles. The SMILES string of the molecule is CCOC(=O)C1(O)C=NC(C(=O)OCC)(C(=O)c2ccccc2)O1. The highest BCUT2D eigenvalue weighted by Crippen LogP contribution is 2.32. The van der Waals surface area contributed by atoms with E-state index in [2.05, 4.69) is 9.73 Å². The molecule has 0 saturated heterocycles. The molecule has 0 saturated carbocycles. The van der Waals surface area contributed by atoms with Gasteiger partial charge < -0.3 is 14.6 Å². The number of aliphatic hydroxyl groups is 1. The van der Waals surface area contributed by atoms with Crippen molar-refractivity contribution in [2.24, 2.45) is 4.99 Å². The van der Waals surface area contributed by atoms with E-state index < -0.39 is 29.2 Å². The number of ether oxygens (including phenoxy) is 3. The average Bonchev–Trinajstić information content (AvgIpc) is 2.96. The number of ketones is 1. The summed E-state index contributed by atoms with van der Waals surface area (Å²) in [5.74, 6) is -5.82. The summed E-state index contributed by atoms with van der Waals surface area (Å²) in [5, 5.41) is 10.2. The normalized spacial score (nSPS) is 25.3. The van der Waals surface area contributed by atoms with E-state index in [0.29, 0.717) is 6.21 Å². The second kappa shape index (κ2) is 6.90. The van der Waals surface area contributed by atoms with Crippen molar-refractivity contribution in [1.29, 1.82) is 0 Å². The van der Waals surface area contributed by atoms with Crippen LogP contribution in [0.3, 0.4) is 0 Å². The highest BCUT2D eigenvalue weighted by atomic mass is 16.7. The summed E-state index contributed by atoms with van der Waals surface area (Å²) >= 11 is 0. The molecule has 24 heavy (non-hydrogen) atoms. The molecule has 0 bridgehead atoms. The lowest BCUT2D eigenvalue weighted by Gasteiger charge is -2.26. The number of rotatable bonds is 6. The van der Waals surface area contributed by atoms with E-state index in [0.717, 1.165) is 0 Å².